The smallest absolute Gasteiger partial charge is 0.397 e. The lowest BCUT2D eigenvalue weighted by molar-refractivity contribution is -0.319. The van der Waals surface area contributed by atoms with Crippen LogP contribution in [0.25, 0.3) is 0 Å². The van der Waals surface area contributed by atoms with E-state index < -0.39 is 129 Å². The van der Waals surface area contributed by atoms with Crippen LogP contribution < -0.4 is 0 Å². The molecule has 5 aliphatic rings. The van der Waals surface area contributed by atoms with E-state index in [1.54, 1.807) is 34.6 Å². The van der Waals surface area contributed by atoms with E-state index in [0.29, 0.717) is 31.3 Å². The number of carboxylic acids is 2. The summed E-state index contributed by atoms with van der Waals surface area (Å²) in [4.78, 5) is 52.4. The van der Waals surface area contributed by atoms with Gasteiger partial charge in [0.25, 0.3) is 0 Å². The van der Waals surface area contributed by atoms with Crippen molar-refractivity contribution in [1.29, 1.82) is 0 Å². The lowest BCUT2D eigenvalue weighted by Gasteiger charge is -2.64. The summed E-state index contributed by atoms with van der Waals surface area (Å²) in [6.07, 6.45) is -12.0. The van der Waals surface area contributed by atoms with E-state index in [4.69, 9.17) is 27.3 Å². The Kier molecular flexibility index (Phi) is 13.0. The molecule has 324 valence electrons. The fourth-order valence-electron chi connectivity index (χ4n) is 10.8. The SMILES string of the molecule is C=C1C2CCC3C4(C)CC(OC5OC(COC(=O)CC(C)C)C(OS(=O)(=O)O)C(OS(=O)(=O)O)C5OC(=O)CC(C)C)CC(C(=O)O)(C(=O)O)C4CCC3(C2)C1O. The zero-order valence-electron chi connectivity index (χ0n) is 32.5. The van der Waals surface area contributed by atoms with Crippen LogP contribution >= 0.6 is 0 Å². The molecular weight excluding hydrogens is 801 g/mol. The van der Waals surface area contributed by atoms with E-state index >= 15 is 0 Å². The summed E-state index contributed by atoms with van der Waals surface area (Å²) in [6.45, 7) is 11.7. The highest BCUT2D eigenvalue weighted by Gasteiger charge is 2.72. The quantitative estimate of drug-likeness (QED) is 0.0520. The highest BCUT2D eigenvalue weighted by atomic mass is 32.3. The van der Waals surface area contributed by atoms with E-state index in [1.165, 1.54) is 0 Å². The minimum Gasteiger partial charge on any atom is -0.480 e. The number of carbonyl (C=O) groups excluding carboxylic acids is 2. The molecule has 0 aromatic heterocycles. The summed E-state index contributed by atoms with van der Waals surface area (Å²) in [5, 5.41) is 33.2. The summed E-state index contributed by atoms with van der Waals surface area (Å²) < 4.78 is 101. The molecule has 21 heteroatoms. The summed E-state index contributed by atoms with van der Waals surface area (Å²) in [5.41, 5.74) is -3.62. The number of carbonyl (C=O) groups is 4. The maximum Gasteiger partial charge on any atom is 0.397 e. The predicted molar refractivity (Wildman–Crippen MR) is 192 cm³/mol. The average Bonchev–Trinajstić information content (AvgIpc) is 3.22. The van der Waals surface area contributed by atoms with Crippen molar-refractivity contribution < 1.29 is 87.8 Å². The molecule has 1 heterocycles. The van der Waals surface area contributed by atoms with Gasteiger partial charge < -0.3 is 34.3 Å². The molecule has 5 fully saturated rings. The Morgan fingerprint density at radius 2 is 1.40 bits per heavy atom. The highest BCUT2D eigenvalue weighted by Crippen LogP contribution is 2.72. The molecule has 1 spiro atoms. The van der Waals surface area contributed by atoms with Crippen LogP contribution in [0.2, 0.25) is 0 Å². The van der Waals surface area contributed by atoms with Crippen LogP contribution in [0.5, 0.6) is 0 Å². The molecule has 1 aliphatic heterocycles. The summed E-state index contributed by atoms with van der Waals surface area (Å²) in [7, 11) is -11.1. The van der Waals surface area contributed by atoms with Crippen molar-refractivity contribution in [3.8, 4) is 0 Å². The number of carboxylic acid groups (broad SMARTS) is 2. The first-order chi connectivity index (χ1) is 26.2. The van der Waals surface area contributed by atoms with Crippen molar-refractivity contribution in [2.75, 3.05) is 6.61 Å². The first-order valence-electron chi connectivity index (χ1n) is 19.0. The zero-order valence-corrected chi connectivity index (χ0v) is 34.1. The molecule has 2 bridgehead atoms. The van der Waals surface area contributed by atoms with Crippen LogP contribution in [0.15, 0.2) is 12.2 Å². The van der Waals surface area contributed by atoms with Gasteiger partial charge in [-0.3, -0.25) is 28.3 Å². The van der Waals surface area contributed by atoms with Crippen LogP contribution in [0.4, 0.5) is 0 Å². The Labute approximate surface area is 331 Å². The lowest BCUT2D eigenvalue weighted by Crippen LogP contribution is -2.67. The van der Waals surface area contributed by atoms with Gasteiger partial charge in [0.2, 0.25) is 0 Å². The summed E-state index contributed by atoms with van der Waals surface area (Å²) >= 11 is 0. The second kappa shape index (κ2) is 16.4. The summed E-state index contributed by atoms with van der Waals surface area (Å²) in [5.74, 6) is -6.99. The summed E-state index contributed by atoms with van der Waals surface area (Å²) in [6, 6.07) is 0. The molecule has 12 unspecified atom stereocenters. The Bertz CT molecular complexity index is 1800. The normalized spacial score (nSPS) is 37.6. The van der Waals surface area contributed by atoms with Gasteiger partial charge in [0.1, 0.15) is 18.8 Å². The maximum atomic E-state index is 13.3. The molecule has 1 saturated heterocycles. The number of ether oxygens (including phenoxy) is 4. The van der Waals surface area contributed by atoms with Gasteiger partial charge in [0.05, 0.1) is 12.2 Å². The van der Waals surface area contributed by atoms with Crippen LogP contribution in [0.3, 0.4) is 0 Å². The van der Waals surface area contributed by atoms with Gasteiger partial charge >= 0.3 is 44.7 Å². The molecule has 12 atom stereocenters. The van der Waals surface area contributed by atoms with Gasteiger partial charge in [-0.05, 0) is 79.1 Å². The van der Waals surface area contributed by atoms with E-state index in [2.05, 4.69) is 6.58 Å². The van der Waals surface area contributed by atoms with Crippen molar-refractivity contribution in [3.05, 3.63) is 12.2 Å². The standard InChI is InChI=1S/C36H54O19S2/c1-17(2)11-25(37)50-16-22-27(54-56(44,45)46)28(55-57(47,48)49)29(53-26(38)12-18(3)4)31(52-22)51-21-14-34(6)23-8-7-20-13-35(23,30(39)19(20)5)10-9-24(34)36(15-21,32(40)41)33(42)43/h17-18,20-24,27-31,39H,5,7-16H2,1-4,6H3,(H,40,41)(H,42,43)(H,44,45,46)(H,47,48,49). The molecule has 5 rings (SSSR count). The second-order valence-electron chi connectivity index (χ2n) is 17.4. The topological polar surface area (TPSA) is 293 Å². The van der Waals surface area contributed by atoms with E-state index in [0.717, 1.165) is 0 Å². The van der Waals surface area contributed by atoms with Crippen LogP contribution in [0, 0.1) is 45.8 Å². The van der Waals surface area contributed by atoms with Crippen molar-refractivity contribution in [3.63, 3.8) is 0 Å². The van der Waals surface area contributed by atoms with E-state index in [1.807, 2.05) is 0 Å². The van der Waals surface area contributed by atoms with Crippen LogP contribution in [0.1, 0.15) is 92.4 Å². The van der Waals surface area contributed by atoms with Crippen LogP contribution in [-0.4, -0.2) is 115 Å². The molecular formula is C36H54O19S2. The lowest BCUT2D eigenvalue weighted by atomic mass is 9.40. The minimum absolute atomic E-state index is 0.0222. The molecule has 0 aromatic carbocycles. The van der Waals surface area contributed by atoms with E-state index in [9.17, 15) is 60.4 Å². The van der Waals surface area contributed by atoms with Gasteiger partial charge in [-0.1, -0.05) is 41.2 Å². The Morgan fingerprint density at radius 1 is 0.825 bits per heavy atom. The van der Waals surface area contributed by atoms with Crippen molar-refractivity contribution in [2.24, 2.45) is 45.8 Å². The first kappa shape index (κ1) is 45.3. The molecule has 4 aliphatic carbocycles. The number of aliphatic hydroxyl groups is 1. The van der Waals surface area contributed by atoms with Crippen molar-refractivity contribution >= 4 is 44.7 Å². The third-order valence-corrected chi connectivity index (χ3v) is 13.8. The molecule has 5 N–H and O–H groups in total. The molecule has 4 saturated carbocycles. The molecule has 57 heavy (non-hydrogen) atoms. The van der Waals surface area contributed by atoms with Gasteiger partial charge in [0, 0.05) is 24.7 Å². The third-order valence-electron chi connectivity index (χ3n) is 12.8. The fraction of sp³-hybridized carbons (Fsp3) is 0.833. The second-order valence-corrected chi connectivity index (χ2v) is 19.5. The molecule has 0 amide bonds. The number of esters is 2. The Balaban J connectivity index is 1.61. The molecule has 0 aromatic rings. The first-order valence-corrected chi connectivity index (χ1v) is 21.8. The van der Waals surface area contributed by atoms with Gasteiger partial charge in [0.15, 0.2) is 23.9 Å². The van der Waals surface area contributed by atoms with E-state index in [-0.39, 0.29) is 43.4 Å². The highest BCUT2D eigenvalue weighted by molar-refractivity contribution is 7.81. The van der Waals surface area contributed by atoms with Gasteiger partial charge in [-0.15, -0.1) is 0 Å². The average molecular weight is 855 g/mol. The number of hydrogen-bond donors (Lipinski definition) is 5. The Hall–Kier alpha value is -2.76. The van der Waals surface area contributed by atoms with Gasteiger partial charge in [-0.2, -0.15) is 16.8 Å². The number of hydrogen-bond acceptors (Lipinski definition) is 15. The Morgan fingerprint density at radius 3 is 1.96 bits per heavy atom. The minimum atomic E-state index is -5.58. The number of aliphatic carboxylic acids is 2. The largest absolute Gasteiger partial charge is 0.480 e. The zero-order chi connectivity index (χ0) is 42.6. The third kappa shape index (κ3) is 9.06. The van der Waals surface area contributed by atoms with Crippen molar-refractivity contribution in [1.82, 2.24) is 0 Å². The predicted octanol–water partition coefficient (Wildman–Crippen LogP) is 2.72. The molecule has 19 nitrogen and oxygen atoms in total. The number of rotatable bonds is 15. The molecule has 0 radical (unpaired) electrons. The maximum absolute atomic E-state index is 13.3. The number of fused-ring (bicyclic) bond motifs is 3. The number of aliphatic hydroxyl groups excluding tert-OH is 1. The van der Waals surface area contributed by atoms with Gasteiger partial charge in [-0.25, -0.2) is 8.37 Å². The fourth-order valence-corrected chi connectivity index (χ4v) is 11.8. The van der Waals surface area contributed by atoms with Crippen molar-refractivity contribution in [2.45, 2.75) is 135 Å². The van der Waals surface area contributed by atoms with Crippen LogP contribution in [-0.2, 0) is 67.3 Å². The monoisotopic (exact) mass is 854 g/mol.